The van der Waals surface area contributed by atoms with E-state index < -0.39 is 0 Å². The van der Waals surface area contributed by atoms with Crippen molar-refractivity contribution in [2.75, 3.05) is 13.1 Å². The van der Waals surface area contributed by atoms with Gasteiger partial charge < -0.3 is 5.32 Å². The Morgan fingerprint density at radius 1 is 1.30 bits per heavy atom. The molecule has 1 aromatic carbocycles. The quantitative estimate of drug-likeness (QED) is 0.886. The molecule has 1 N–H and O–H groups in total. The van der Waals surface area contributed by atoms with Gasteiger partial charge in [-0.25, -0.2) is 4.98 Å². The van der Waals surface area contributed by atoms with Gasteiger partial charge >= 0.3 is 0 Å². The molecule has 0 unspecified atom stereocenters. The highest BCUT2D eigenvalue weighted by Crippen LogP contribution is 2.16. The van der Waals surface area contributed by atoms with Crippen LogP contribution < -0.4 is 5.32 Å². The van der Waals surface area contributed by atoms with E-state index in [2.05, 4.69) is 28.2 Å². The van der Waals surface area contributed by atoms with E-state index in [1.165, 1.54) is 31.5 Å². The van der Waals surface area contributed by atoms with E-state index in [9.17, 15) is 4.79 Å². The lowest BCUT2D eigenvalue weighted by Crippen LogP contribution is -2.25. The molecule has 1 aliphatic rings. The van der Waals surface area contributed by atoms with E-state index in [0.717, 1.165) is 22.8 Å². The fourth-order valence-electron chi connectivity index (χ4n) is 2.86. The maximum Gasteiger partial charge on any atom is 0.226 e. The van der Waals surface area contributed by atoms with Gasteiger partial charge in [0.05, 0.1) is 18.7 Å². The molecule has 3 rings (SSSR count). The predicted octanol–water partition coefficient (Wildman–Crippen LogP) is 2.91. The Hall–Kier alpha value is -1.72. The van der Waals surface area contributed by atoms with Crippen molar-refractivity contribution in [1.29, 1.82) is 0 Å². The second-order valence-electron chi connectivity index (χ2n) is 6.10. The highest BCUT2D eigenvalue weighted by molar-refractivity contribution is 7.09. The van der Waals surface area contributed by atoms with Gasteiger partial charge in [-0.1, -0.05) is 24.3 Å². The molecule has 1 fully saturated rings. The molecule has 1 amide bonds. The van der Waals surface area contributed by atoms with Crippen LogP contribution in [0.4, 0.5) is 0 Å². The maximum absolute atomic E-state index is 12.1. The monoisotopic (exact) mass is 329 g/mol. The highest BCUT2D eigenvalue weighted by atomic mass is 32.1. The number of nitrogens with one attached hydrogen (secondary N) is 1. The SMILES string of the molecule is Cc1ccccc1CNC(=O)Cc1csc(CN2CCCC2)n1. The summed E-state index contributed by atoms with van der Waals surface area (Å²) in [5, 5.41) is 6.12. The number of carbonyl (C=O) groups is 1. The summed E-state index contributed by atoms with van der Waals surface area (Å²) in [6, 6.07) is 8.12. The molecule has 0 atom stereocenters. The molecule has 2 aromatic rings. The summed E-state index contributed by atoms with van der Waals surface area (Å²) >= 11 is 1.66. The first-order chi connectivity index (χ1) is 11.2. The van der Waals surface area contributed by atoms with Crippen molar-refractivity contribution in [2.24, 2.45) is 0 Å². The van der Waals surface area contributed by atoms with Crippen molar-refractivity contribution in [3.63, 3.8) is 0 Å². The van der Waals surface area contributed by atoms with Crippen LogP contribution in [-0.4, -0.2) is 28.9 Å². The Kier molecular flexibility index (Phi) is 5.41. The minimum atomic E-state index is 0.0336. The second kappa shape index (κ2) is 7.70. The summed E-state index contributed by atoms with van der Waals surface area (Å²) in [5.74, 6) is 0.0336. The third-order valence-electron chi connectivity index (χ3n) is 4.24. The van der Waals surface area contributed by atoms with E-state index in [1.54, 1.807) is 11.3 Å². The van der Waals surface area contributed by atoms with Gasteiger partial charge in [0.2, 0.25) is 5.91 Å². The average molecular weight is 329 g/mol. The van der Waals surface area contributed by atoms with Crippen LogP contribution in [0.5, 0.6) is 0 Å². The Bertz CT molecular complexity index is 662. The molecule has 0 spiro atoms. The first-order valence-electron chi connectivity index (χ1n) is 8.17. The fraction of sp³-hybridized carbons (Fsp3) is 0.444. The zero-order valence-electron chi connectivity index (χ0n) is 13.5. The second-order valence-corrected chi connectivity index (χ2v) is 7.04. The van der Waals surface area contributed by atoms with Gasteiger partial charge in [-0.05, 0) is 44.0 Å². The van der Waals surface area contributed by atoms with Gasteiger partial charge in [-0.2, -0.15) is 0 Å². The third-order valence-corrected chi connectivity index (χ3v) is 5.12. The Balaban J connectivity index is 1.48. The molecule has 4 nitrogen and oxygen atoms in total. The molecule has 0 bridgehead atoms. The van der Waals surface area contributed by atoms with Crippen molar-refractivity contribution in [3.05, 3.63) is 51.5 Å². The fourth-order valence-corrected chi connectivity index (χ4v) is 3.70. The average Bonchev–Trinajstić information content (AvgIpc) is 3.19. The molecular weight excluding hydrogens is 306 g/mol. The number of thiazole rings is 1. The minimum Gasteiger partial charge on any atom is -0.352 e. The molecule has 23 heavy (non-hydrogen) atoms. The van der Waals surface area contributed by atoms with Gasteiger partial charge in [0.1, 0.15) is 5.01 Å². The zero-order valence-corrected chi connectivity index (χ0v) is 14.4. The topological polar surface area (TPSA) is 45.2 Å². The van der Waals surface area contributed by atoms with Crippen LogP contribution >= 0.6 is 11.3 Å². The van der Waals surface area contributed by atoms with Crippen LogP contribution in [-0.2, 0) is 24.3 Å². The summed E-state index contributed by atoms with van der Waals surface area (Å²) in [6.45, 7) is 5.91. The van der Waals surface area contributed by atoms with Crippen molar-refractivity contribution in [2.45, 2.75) is 39.3 Å². The minimum absolute atomic E-state index is 0.0336. The first kappa shape index (κ1) is 16.1. The molecule has 0 radical (unpaired) electrons. The van der Waals surface area contributed by atoms with Crippen LogP contribution in [0.2, 0.25) is 0 Å². The first-order valence-corrected chi connectivity index (χ1v) is 9.05. The summed E-state index contributed by atoms with van der Waals surface area (Å²) in [6.07, 6.45) is 2.95. The van der Waals surface area contributed by atoms with E-state index in [1.807, 2.05) is 23.6 Å². The number of aromatic nitrogens is 1. The van der Waals surface area contributed by atoms with E-state index in [0.29, 0.717) is 13.0 Å². The lowest BCUT2D eigenvalue weighted by Gasteiger charge is -2.11. The lowest BCUT2D eigenvalue weighted by atomic mass is 10.1. The number of hydrogen-bond acceptors (Lipinski definition) is 4. The van der Waals surface area contributed by atoms with E-state index in [4.69, 9.17) is 0 Å². The van der Waals surface area contributed by atoms with Crippen LogP contribution in [0.25, 0.3) is 0 Å². The maximum atomic E-state index is 12.1. The van der Waals surface area contributed by atoms with E-state index in [-0.39, 0.29) is 5.91 Å². The lowest BCUT2D eigenvalue weighted by molar-refractivity contribution is -0.120. The van der Waals surface area contributed by atoms with Crippen LogP contribution in [0.3, 0.4) is 0 Å². The molecule has 0 saturated carbocycles. The molecule has 1 aromatic heterocycles. The van der Waals surface area contributed by atoms with Gasteiger partial charge in [-0.3, -0.25) is 9.69 Å². The Labute approximate surface area is 141 Å². The van der Waals surface area contributed by atoms with Crippen molar-refractivity contribution in [3.8, 4) is 0 Å². The van der Waals surface area contributed by atoms with Gasteiger partial charge in [0.25, 0.3) is 0 Å². The molecular formula is C18H23N3OS. The van der Waals surface area contributed by atoms with Crippen molar-refractivity contribution >= 4 is 17.2 Å². The van der Waals surface area contributed by atoms with Crippen LogP contribution in [0, 0.1) is 6.92 Å². The predicted molar refractivity (Wildman–Crippen MR) is 93.4 cm³/mol. The Morgan fingerprint density at radius 3 is 2.87 bits per heavy atom. The molecule has 1 aliphatic heterocycles. The van der Waals surface area contributed by atoms with Gasteiger partial charge in [0.15, 0.2) is 0 Å². The van der Waals surface area contributed by atoms with Gasteiger partial charge in [-0.15, -0.1) is 11.3 Å². The van der Waals surface area contributed by atoms with Gasteiger partial charge in [0, 0.05) is 11.9 Å². The molecule has 1 saturated heterocycles. The summed E-state index contributed by atoms with van der Waals surface area (Å²) in [7, 11) is 0. The largest absolute Gasteiger partial charge is 0.352 e. The van der Waals surface area contributed by atoms with Crippen molar-refractivity contribution in [1.82, 2.24) is 15.2 Å². The summed E-state index contributed by atoms with van der Waals surface area (Å²) in [5.41, 5.74) is 3.25. The number of aryl methyl sites for hydroxylation is 1. The van der Waals surface area contributed by atoms with Crippen LogP contribution in [0.1, 0.15) is 34.7 Å². The van der Waals surface area contributed by atoms with E-state index >= 15 is 0 Å². The molecule has 122 valence electrons. The van der Waals surface area contributed by atoms with Crippen molar-refractivity contribution < 1.29 is 4.79 Å². The number of carbonyl (C=O) groups excluding carboxylic acids is 1. The number of hydrogen-bond donors (Lipinski definition) is 1. The molecule has 0 aliphatic carbocycles. The zero-order chi connectivity index (χ0) is 16.1. The Morgan fingerprint density at radius 2 is 2.09 bits per heavy atom. The normalized spacial score (nSPS) is 15.0. The summed E-state index contributed by atoms with van der Waals surface area (Å²) in [4.78, 5) is 19.1. The molecule has 5 heteroatoms. The number of benzene rings is 1. The number of likely N-dealkylation sites (tertiary alicyclic amines) is 1. The molecule has 2 heterocycles. The number of nitrogens with zero attached hydrogens (tertiary/aromatic N) is 2. The summed E-state index contributed by atoms with van der Waals surface area (Å²) < 4.78 is 0. The standard InChI is InChI=1S/C18H23N3OS/c1-14-6-2-3-7-15(14)11-19-17(22)10-16-13-23-18(20-16)12-21-8-4-5-9-21/h2-3,6-7,13H,4-5,8-12H2,1H3,(H,19,22). The highest BCUT2D eigenvalue weighted by Gasteiger charge is 2.14. The van der Waals surface area contributed by atoms with Crippen LogP contribution in [0.15, 0.2) is 29.6 Å². The third kappa shape index (κ3) is 4.62. The number of rotatable bonds is 6. The number of amides is 1. The smallest absolute Gasteiger partial charge is 0.226 e.